The molecule has 1 fully saturated rings. The zero-order valence-electron chi connectivity index (χ0n) is 6.29. The molecule has 0 aromatic heterocycles. The Labute approximate surface area is 66.1 Å². The van der Waals surface area contributed by atoms with E-state index >= 15 is 0 Å². The van der Waals surface area contributed by atoms with E-state index in [9.17, 15) is 0 Å². The summed E-state index contributed by atoms with van der Waals surface area (Å²) in [7, 11) is 0. The molecule has 3 rings (SSSR count). The lowest BCUT2D eigenvalue weighted by Crippen LogP contribution is -2.42. The van der Waals surface area contributed by atoms with Crippen LogP contribution >= 0.6 is 0 Å². The quantitative estimate of drug-likeness (QED) is 0.472. The molecule has 11 heavy (non-hydrogen) atoms. The van der Waals surface area contributed by atoms with Crippen LogP contribution in [0.4, 0.5) is 0 Å². The summed E-state index contributed by atoms with van der Waals surface area (Å²) in [6, 6.07) is 0. The first-order valence-corrected chi connectivity index (χ1v) is 4.02. The van der Waals surface area contributed by atoms with Gasteiger partial charge in [-0.25, -0.2) is 0 Å². The van der Waals surface area contributed by atoms with Gasteiger partial charge in [-0.3, -0.25) is 0 Å². The van der Waals surface area contributed by atoms with Crippen LogP contribution in [0.25, 0.3) is 0 Å². The van der Waals surface area contributed by atoms with Crippen LogP contribution in [0.2, 0.25) is 0 Å². The van der Waals surface area contributed by atoms with E-state index in [0.29, 0.717) is 0 Å². The number of ether oxygens (including phenoxy) is 1. The van der Waals surface area contributed by atoms with Crippen molar-refractivity contribution in [3.05, 3.63) is 36.5 Å². The van der Waals surface area contributed by atoms with Crippen LogP contribution in [0.5, 0.6) is 0 Å². The maximum absolute atomic E-state index is 5.50. The molecule has 1 saturated heterocycles. The van der Waals surface area contributed by atoms with E-state index < -0.39 is 0 Å². The zero-order chi connectivity index (χ0) is 7.36. The highest BCUT2D eigenvalue weighted by atomic mass is 16.5. The molecule has 0 amide bonds. The standard InChI is InChI=1S/C10H10O/c1-2-4-10-6-5-9(10,3-1)7-11-8-10/h1-6H,7-8H2/t9-,10-/m1/s1. The van der Waals surface area contributed by atoms with E-state index in [1.54, 1.807) is 0 Å². The van der Waals surface area contributed by atoms with Crippen molar-refractivity contribution in [3.63, 3.8) is 0 Å². The summed E-state index contributed by atoms with van der Waals surface area (Å²) in [4.78, 5) is 0. The van der Waals surface area contributed by atoms with E-state index in [1.807, 2.05) is 0 Å². The zero-order valence-corrected chi connectivity index (χ0v) is 6.29. The minimum atomic E-state index is 0.238. The van der Waals surface area contributed by atoms with Crippen molar-refractivity contribution in [2.75, 3.05) is 13.2 Å². The molecule has 56 valence electrons. The van der Waals surface area contributed by atoms with Gasteiger partial charge in [0.25, 0.3) is 0 Å². The predicted molar refractivity (Wildman–Crippen MR) is 43.1 cm³/mol. The van der Waals surface area contributed by atoms with Gasteiger partial charge in [-0.2, -0.15) is 0 Å². The Hall–Kier alpha value is -0.820. The predicted octanol–water partition coefficient (Wildman–Crippen LogP) is 1.69. The highest BCUT2D eigenvalue weighted by Crippen LogP contribution is 2.57. The molecule has 0 unspecified atom stereocenters. The Kier molecular flexibility index (Phi) is 0.793. The minimum Gasteiger partial charge on any atom is -0.379 e. The largest absolute Gasteiger partial charge is 0.379 e. The third-order valence-electron chi connectivity index (χ3n) is 3.12. The molecule has 1 aliphatic heterocycles. The van der Waals surface area contributed by atoms with Crippen molar-refractivity contribution in [1.29, 1.82) is 0 Å². The maximum atomic E-state index is 5.50. The number of allylic oxidation sites excluding steroid dienone is 2. The monoisotopic (exact) mass is 146 g/mol. The Balaban J connectivity index is 2.20. The van der Waals surface area contributed by atoms with Crippen LogP contribution in [-0.2, 0) is 4.74 Å². The fraction of sp³-hybridized carbons (Fsp3) is 0.400. The third-order valence-corrected chi connectivity index (χ3v) is 3.12. The molecule has 1 heterocycles. The Bertz CT molecular complexity index is 259. The second kappa shape index (κ2) is 1.51. The Morgan fingerprint density at radius 3 is 1.82 bits per heavy atom. The van der Waals surface area contributed by atoms with E-state index in [4.69, 9.17) is 4.74 Å². The van der Waals surface area contributed by atoms with Crippen molar-refractivity contribution in [1.82, 2.24) is 0 Å². The molecule has 0 N–H and O–H groups in total. The van der Waals surface area contributed by atoms with Gasteiger partial charge in [-0.15, -0.1) is 0 Å². The fourth-order valence-electron chi connectivity index (χ4n) is 2.24. The van der Waals surface area contributed by atoms with Gasteiger partial charge in [0.1, 0.15) is 0 Å². The Morgan fingerprint density at radius 1 is 0.818 bits per heavy atom. The van der Waals surface area contributed by atoms with Gasteiger partial charge in [-0.1, -0.05) is 36.5 Å². The van der Waals surface area contributed by atoms with Gasteiger partial charge in [-0.05, 0) is 0 Å². The molecule has 2 aliphatic carbocycles. The molecule has 2 atom stereocenters. The lowest BCUT2D eigenvalue weighted by atomic mass is 9.56. The maximum Gasteiger partial charge on any atom is 0.0604 e. The van der Waals surface area contributed by atoms with Crippen LogP contribution in [0.3, 0.4) is 0 Å². The van der Waals surface area contributed by atoms with E-state index in [0.717, 1.165) is 13.2 Å². The van der Waals surface area contributed by atoms with Crippen molar-refractivity contribution in [2.24, 2.45) is 10.8 Å². The molecule has 0 aromatic rings. The minimum absolute atomic E-state index is 0.238. The molecule has 0 saturated carbocycles. The Morgan fingerprint density at radius 2 is 1.36 bits per heavy atom. The second-order valence-electron chi connectivity index (χ2n) is 3.63. The highest BCUT2D eigenvalue weighted by molar-refractivity contribution is 5.44. The summed E-state index contributed by atoms with van der Waals surface area (Å²) < 4.78 is 5.50. The van der Waals surface area contributed by atoms with Gasteiger partial charge >= 0.3 is 0 Å². The third kappa shape index (κ3) is 0.457. The van der Waals surface area contributed by atoms with Crippen molar-refractivity contribution < 1.29 is 4.74 Å². The van der Waals surface area contributed by atoms with Crippen molar-refractivity contribution >= 4 is 0 Å². The molecular weight excluding hydrogens is 136 g/mol. The molecular formula is C10H10O. The van der Waals surface area contributed by atoms with Gasteiger partial charge in [0.15, 0.2) is 0 Å². The molecule has 0 bridgehead atoms. The summed E-state index contributed by atoms with van der Waals surface area (Å²) in [5.74, 6) is 0. The summed E-state index contributed by atoms with van der Waals surface area (Å²) >= 11 is 0. The van der Waals surface area contributed by atoms with Gasteiger partial charge < -0.3 is 4.74 Å². The average Bonchev–Trinajstić information content (AvgIpc) is 2.29. The first-order chi connectivity index (χ1) is 5.37. The molecule has 0 spiro atoms. The normalized spacial score (nSPS) is 50.2. The molecule has 3 aliphatic rings. The summed E-state index contributed by atoms with van der Waals surface area (Å²) in [5.41, 5.74) is 0.476. The van der Waals surface area contributed by atoms with Crippen LogP contribution in [-0.4, -0.2) is 13.2 Å². The van der Waals surface area contributed by atoms with Gasteiger partial charge in [0.2, 0.25) is 0 Å². The van der Waals surface area contributed by atoms with Crippen LogP contribution in [0, 0.1) is 10.8 Å². The van der Waals surface area contributed by atoms with Crippen molar-refractivity contribution in [2.45, 2.75) is 0 Å². The topological polar surface area (TPSA) is 9.23 Å². The van der Waals surface area contributed by atoms with Crippen LogP contribution in [0.15, 0.2) is 36.5 Å². The molecule has 1 heteroatoms. The van der Waals surface area contributed by atoms with Gasteiger partial charge in [0.05, 0.1) is 13.2 Å². The number of rotatable bonds is 0. The highest BCUT2D eigenvalue weighted by Gasteiger charge is 2.56. The molecule has 0 radical (unpaired) electrons. The van der Waals surface area contributed by atoms with Crippen LogP contribution in [0.1, 0.15) is 0 Å². The summed E-state index contributed by atoms with van der Waals surface area (Å²) in [6.07, 6.45) is 13.3. The number of hydrogen-bond acceptors (Lipinski definition) is 1. The lowest BCUT2D eigenvalue weighted by Gasteiger charge is -2.45. The summed E-state index contributed by atoms with van der Waals surface area (Å²) in [6.45, 7) is 1.73. The fourth-order valence-corrected chi connectivity index (χ4v) is 2.24. The van der Waals surface area contributed by atoms with E-state index in [-0.39, 0.29) is 10.8 Å². The molecule has 1 nitrogen and oxygen atoms in total. The van der Waals surface area contributed by atoms with E-state index in [2.05, 4.69) is 36.5 Å². The van der Waals surface area contributed by atoms with E-state index in [1.165, 1.54) is 0 Å². The first kappa shape index (κ1) is 5.78. The van der Waals surface area contributed by atoms with Crippen LogP contribution < -0.4 is 0 Å². The van der Waals surface area contributed by atoms with Gasteiger partial charge in [0, 0.05) is 10.8 Å². The first-order valence-electron chi connectivity index (χ1n) is 4.02. The number of hydrogen-bond donors (Lipinski definition) is 0. The SMILES string of the molecule is C1=C[C@]23C=C[C@]2(C=C1)COC3. The average molecular weight is 146 g/mol. The molecule has 0 aromatic carbocycles. The smallest absolute Gasteiger partial charge is 0.0604 e. The van der Waals surface area contributed by atoms with Crippen molar-refractivity contribution in [3.8, 4) is 0 Å². The lowest BCUT2D eigenvalue weighted by molar-refractivity contribution is 0.178. The summed E-state index contributed by atoms with van der Waals surface area (Å²) in [5, 5.41) is 0. The second-order valence-corrected chi connectivity index (χ2v) is 3.63.